The van der Waals surface area contributed by atoms with Crippen molar-refractivity contribution in [3.05, 3.63) is 23.3 Å². The molecule has 0 fully saturated rings. The third-order valence-electron chi connectivity index (χ3n) is 2.93. The molecule has 1 atom stereocenters. The van der Waals surface area contributed by atoms with Crippen molar-refractivity contribution >= 4 is 5.97 Å². The average Bonchev–Trinajstić information content (AvgIpc) is 2.74. The predicted octanol–water partition coefficient (Wildman–Crippen LogP) is 1.65. The molecule has 1 heterocycles. The van der Waals surface area contributed by atoms with Crippen molar-refractivity contribution < 1.29 is 28.2 Å². The zero-order valence-corrected chi connectivity index (χ0v) is 10.2. The Labute approximate surface area is 107 Å². The quantitative estimate of drug-likeness (QED) is 0.871. The van der Waals surface area contributed by atoms with Crippen LogP contribution in [0.5, 0.6) is 11.5 Å². The van der Waals surface area contributed by atoms with E-state index in [9.17, 15) is 13.6 Å². The van der Waals surface area contributed by atoms with Crippen LogP contribution in [0.15, 0.2) is 12.1 Å². The molecule has 19 heavy (non-hydrogen) atoms. The highest BCUT2D eigenvalue weighted by atomic mass is 19.3. The highest BCUT2D eigenvalue weighted by molar-refractivity contribution is 5.77. The smallest absolute Gasteiger partial charge is 0.312 e. The predicted molar refractivity (Wildman–Crippen MR) is 61.6 cm³/mol. The number of rotatable bonds is 4. The summed E-state index contributed by atoms with van der Waals surface area (Å²) in [6, 6.07) is 2.38. The minimum Gasteiger partial charge on any atom is -0.481 e. The molecular formula is C12H13F2NO4. The van der Waals surface area contributed by atoms with Crippen molar-refractivity contribution in [3.63, 3.8) is 0 Å². The topological polar surface area (TPSA) is 81.8 Å². The summed E-state index contributed by atoms with van der Waals surface area (Å²) in [5.41, 5.74) is 4.91. The number of carbonyl (C=O) groups is 1. The lowest BCUT2D eigenvalue weighted by Gasteiger charge is -2.20. The number of carboxylic acid groups (broad SMARTS) is 1. The second kappa shape index (κ2) is 4.65. The molecule has 1 aliphatic heterocycles. The van der Waals surface area contributed by atoms with Gasteiger partial charge in [0.2, 0.25) is 6.79 Å². The molecule has 104 valence electrons. The number of nitrogens with two attached hydrogens (primary N) is 1. The van der Waals surface area contributed by atoms with Crippen LogP contribution in [0.2, 0.25) is 0 Å². The van der Waals surface area contributed by atoms with Crippen molar-refractivity contribution in [3.8, 4) is 11.5 Å². The van der Waals surface area contributed by atoms with E-state index in [1.165, 1.54) is 6.07 Å². The van der Waals surface area contributed by atoms with E-state index in [-0.39, 0.29) is 30.4 Å². The Morgan fingerprint density at radius 2 is 2.05 bits per heavy atom. The first-order chi connectivity index (χ1) is 8.84. The van der Waals surface area contributed by atoms with Gasteiger partial charge in [-0.3, -0.25) is 4.79 Å². The maximum absolute atomic E-state index is 13.6. The zero-order chi connectivity index (χ0) is 14.2. The highest BCUT2D eigenvalue weighted by Crippen LogP contribution is 2.42. The number of aliphatic carboxylic acids is 1. The molecule has 2 rings (SSSR count). The summed E-state index contributed by atoms with van der Waals surface area (Å²) in [6.07, 6.45) is 0. The first-order valence-corrected chi connectivity index (χ1v) is 5.59. The number of hydrogen-bond acceptors (Lipinski definition) is 4. The number of halogens is 2. The van der Waals surface area contributed by atoms with Gasteiger partial charge in [0.25, 0.3) is 5.92 Å². The SMILES string of the molecule is CC(F)(F)c1cc2c(cc1C(CN)C(=O)O)OCO2. The maximum atomic E-state index is 13.6. The van der Waals surface area contributed by atoms with Crippen molar-refractivity contribution in [1.82, 2.24) is 0 Å². The summed E-state index contributed by atoms with van der Waals surface area (Å²) in [5.74, 6) is -5.23. The molecule has 3 N–H and O–H groups in total. The third kappa shape index (κ3) is 2.46. The molecule has 0 amide bonds. The normalized spacial score (nSPS) is 15.4. The number of benzene rings is 1. The summed E-state index contributed by atoms with van der Waals surface area (Å²) in [5, 5.41) is 9.07. The Kier molecular flexibility index (Phi) is 3.32. The molecule has 1 unspecified atom stereocenters. The van der Waals surface area contributed by atoms with Crippen LogP contribution in [-0.2, 0) is 10.7 Å². The molecule has 1 aromatic carbocycles. The Balaban J connectivity index is 2.60. The van der Waals surface area contributed by atoms with Crippen LogP contribution >= 0.6 is 0 Å². The van der Waals surface area contributed by atoms with Gasteiger partial charge in [-0.1, -0.05) is 0 Å². The van der Waals surface area contributed by atoms with E-state index in [0.717, 1.165) is 6.07 Å². The molecule has 0 aliphatic carbocycles. The van der Waals surface area contributed by atoms with Gasteiger partial charge in [0.1, 0.15) is 0 Å². The minimum atomic E-state index is -3.20. The van der Waals surface area contributed by atoms with Crippen LogP contribution in [0.4, 0.5) is 8.78 Å². The van der Waals surface area contributed by atoms with E-state index < -0.39 is 23.4 Å². The molecule has 0 bridgehead atoms. The highest BCUT2D eigenvalue weighted by Gasteiger charge is 2.35. The zero-order valence-electron chi connectivity index (χ0n) is 10.2. The fourth-order valence-electron chi connectivity index (χ4n) is 1.99. The van der Waals surface area contributed by atoms with Crippen LogP contribution in [0.3, 0.4) is 0 Å². The summed E-state index contributed by atoms with van der Waals surface area (Å²) in [4.78, 5) is 11.1. The molecular weight excluding hydrogens is 260 g/mol. The van der Waals surface area contributed by atoms with Gasteiger partial charge in [-0.05, 0) is 17.7 Å². The molecule has 0 radical (unpaired) electrons. The number of alkyl halides is 2. The first kappa shape index (κ1) is 13.5. The second-order valence-electron chi connectivity index (χ2n) is 4.31. The number of carboxylic acids is 1. The van der Waals surface area contributed by atoms with E-state index in [4.69, 9.17) is 20.3 Å². The summed E-state index contributed by atoms with van der Waals surface area (Å²) < 4.78 is 37.3. The second-order valence-corrected chi connectivity index (χ2v) is 4.31. The fourth-order valence-corrected chi connectivity index (χ4v) is 1.99. The van der Waals surface area contributed by atoms with Gasteiger partial charge in [0.05, 0.1) is 5.92 Å². The first-order valence-electron chi connectivity index (χ1n) is 5.59. The molecule has 0 spiro atoms. The molecule has 0 saturated heterocycles. The standard InChI is InChI=1S/C12H13F2NO4/c1-12(13,14)8-3-10-9(18-5-19-10)2-6(8)7(4-15)11(16)17/h2-3,7H,4-5,15H2,1H3,(H,16,17). The van der Waals surface area contributed by atoms with E-state index in [1.807, 2.05) is 0 Å². The van der Waals surface area contributed by atoms with Crippen LogP contribution in [0.25, 0.3) is 0 Å². The van der Waals surface area contributed by atoms with Crippen molar-refractivity contribution in [2.45, 2.75) is 18.8 Å². The van der Waals surface area contributed by atoms with E-state index in [2.05, 4.69) is 0 Å². The Morgan fingerprint density at radius 3 is 2.53 bits per heavy atom. The van der Waals surface area contributed by atoms with Crippen LogP contribution < -0.4 is 15.2 Å². The number of ether oxygens (including phenoxy) is 2. The number of hydrogen-bond donors (Lipinski definition) is 2. The molecule has 5 nitrogen and oxygen atoms in total. The van der Waals surface area contributed by atoms with Gasteiger partial charge in [0.15, 0.2) is 11.5 Å². The van der Waals surface area contributed by atoms with Gasteiger partial charge < -0.3 is 20.3 Å². The summed E-state index contributed by atoms with van der Waals surface area (Å²) in [7, 11) is 0. The van der Waals surface area contributed by atoms with Crippen molar-refractivity contribution in [2.24, 2.45) is 5.73 Å². The summed E-state index contributed by atoms with van der Waals surface area (Å²) in [6.45, 7) is 0.343. The van der Waals surface area contributed by atoms with Gasteiger partial charge in [-0.2, -0.15) is 0 Å². The minimum absolute atomic E-state index is 0.0493. The monoisotopic (exact) mass is 273 g/mol. The fraction of sp³-hybridized carbons (Fsp3) is 0.417. The van der Waals surface area contributed by atoms with E-state index in [1.54, 1.807) is 0 Å². The van der Waals surface area contributed by atoms with Gasteiger partial charge >= 0.3 is 5.97 Å². The largest absolute Gasteiger partial charge is 0.481 e. The lowest BCUT2D eigenvalue weighted by atomic mass is 9.91. The lowest BCUT2D eigenvalue weighted by molar-refractivity contribution is -0.138. The molecule has 1 aromatic rings. The van der Waals surface area contributed by atoms with Crippen LogP contribution in [0.1, 0.15) is 24.0 Å². The molecule has 7 heteroatoms. The van der Waals surface area contributed by atoms with E-state index in [0.29, 0.717) is 6.92 Å². The average molecular weight is 273 g/mol. The van der Waals surface area contributed by atoms with Gasteiger partial charge in [0, 0.05) is 19.0 Å². The Bertz CT molecular complexity index is 513. The maximum Gasteiger partial charge on any atom is 0.312 e. The molecule has 0 saturated carbocycles. The van der Waals surface area contributed by atoms with Gasteiger partial charge in [-0.25, -0.2) is 8.78 Å². The van der Waals surface area contributed by atoms with Crippen LogP contribution in [-0.4, -0.2) is 24.4 Å². The van der Waals surface area contributed by atoms with Crippen molar-refractivity contribution in [1.29, 1.82) is 0 Å². The van der Waals surface area contributed by atoms with Crippen LogP contribution in [0, 0.1) is 0 Å². The third-order valence-corrected chi connectivity index (χ3v) is 2.93. The van der Waals surface area contributed by atoms with Crippen molar-refractivity contribution in [2.75, 3.05) is 13.3 Å². The van der Waals surface area contributed by atoms with E-state index >= 15 is 0 Å². The summed E-state index contributed by atoms with van der Waals surface area (Å²) >= 11 is 0. The number of fused-ring (bicyclic) bond motifs is 1. The Morgan fingerprint density at radius 1 is 1.47 bits per heavy atom. The lowest BCUT2D eigenvalue weighted by Crippen LogP contribution is -2.24. The Hall–Kier alpha value is -1.89. The van der Waals surface area contributed by atoms with Gasteiger partial charge in [-0.15, -0.1) is 0 Å². The molecule has 1 aliphatic rings. The molecule has 0 aromatic heterocycles.